The van der Waals surface area contributed by atoms with Crippen LogP contribution in [-0.4, -0.2) is 25.6 Å². The topological polar surface area (TPSA) is 75.9 Å². The highest BCUT2D eigenvalue weighted by Crippen LogP contribution is 2.31. The summed E-state index contributed by atoms with van der Waals surface area (Å²) in [5.74, 6) is 0.267. The molecule has 0 saturated carbocycles. The van der Waals surface area contributed by atoms with Crippen molar-refractivity contribution in [3.8, 4) is 0 Å². The van der Waals surface area contributed by atoms with E-state index < -0.39 is 11.2 Å². The number of nitrogens with zero attached hydrogens (tertiary/aromatic N) is 4. The van der Waals surface area contributed by atoms with Crippen LogP contribution in [0, 0.1) is 5.82 Å². The van der Waals surface area contributed by atoms with Gasteiger partial charge in [0, 0.05) is 25.8 Å². The molecule has 0 unspecified atom stereocenters. The molecule has 1 aliphatic rings. The number of fused-ring (bicyclic) bond motifs is 3. The molecule has 4 rings (SSSR count). The quantitative estimate of drug-likeness (QED) is 0.718. The molecule has 0 amide bonds. The van der Waals surface area contributed by atoms with Gasteiger partial charge in [-0.1, -0.05) is 0 Å². The first-order valence-corrected chi connectivity index (χ1v) is 6.79. The zero-order chi connectivity index (χ0) is 15.4. The number of hydrogen-bond acceptors (Lipinski definition) is 4. The molecule has 0 aliphatic carbocycles. The first-order valence-electron chi connectivity index (χ1n) is 6.79. The van der Waals surface area contributed by atoms with E-state index in [0.717, 1.165) is 5.69 Å². The molecule has 0 fully saturated rings. The van der Waals surface area contributed by atoms with Gasteiger partial charge in [-0.25, -0.2) is 9.18 Å². The van der Waals surface area contributed by atoms with E-state index in [-0.39, 0.29) is 5.82 Å². The van der Waals surface area contributed by atoms with Crippen molar-refractivity contribution in [2.75, 3.05) is 11.4 Å². The van der Waals surface area contributed by atoms with Gasteiger partial charge in [0.1, 0.15) is 5.82 Å². The van der Waals surface area contributed by atoms with Crippen LogP contribution in [-0.2, 0) is 13.6 Å². The van der Waals surface area contributed by atoms with Crippen LogP contribution in [0.4, 0.5) is 16.0 Å². The minimum absolute atomic E-state index is 0.310. The van der Waals surface area contributed by atoms with Gasteiger partial charge in [-0.2, -0.15) is 4.98 Å². The highest BCUT2D eigenvalue weighted by Gasteiger charge is 2.27. The largest absolute Gasteiger partial charge is 0.329 e. The third kappa shape index (κ3) is 1.63. The van der Waals surface area contributed by atoms with E-state index in [2.05, 4.69) is 9.97 Å². The Morgan fingerprint density at radius 2 is 1.91 bits per heavy atom. The number of nitrogens with one attached hydrogen (secondary N) is 1. The van der Waals surface area contributed by atoms with E-state index in [1.165, 1.54) is 16.7 Å². The fourth-order valence-corrected chi connectivity index (χ4v) is 2.81. The van der Waals surface area contributed by atoms with Crippen molar-refractivity contribution in [3.05, 3.63) is 50.9 Å². The molecule has 22 heavy (non-hydrogen) atoms. The lowest BCUT2D eigenvalue weighted by molar-refractivity contribution is 0.628. The molecule has 1 N–H and O–H groups in total. The summed E-state index contributed by atoms with van der Waals surface area (Å²) in [6.07, 6.45) is 0. The van der Waals surface area contributed by atoms with Gasteiger partial charge in [-0.05, 0) is 24.3 Å². The Hall–Kier alpha value is -2.90. The summed E-state index contributed by atoms with van der Waals surface area (Å²) in [6, 6.07) is 6.08. The van der Waals surface area contributed by atoms with Crippen molar-refractivity contribution >= 4 is 22.8 Å². The number of H-pyrrole nitrogens is 1. The second-order valence-corrected chi connectivity index (χ2v) is 5.18. The summed E-state index contributed by atoms with van der Waals surface area (Å²) in [6.45, 7) is 1.21. The van der Waals surface area contributed by atoms with Crippen molar-refractivity contribution in [3.63, 3.8) is 0 Å². The summed E-state index contributed by atoms with van der Waals surface area (Å²) in [5, 5.41) is 0. The Morgan fingerprint density at radius 1 is 1.18 bits per heavy atom. The van der Waals surface area contributed by atoms with Gasteiger partial charge < -0.3 is 9.47 Å². The molecule has 2 aromatic heterocycles. The normalized spacial score (nSPS) is 13.8. The average Bonchev–Trinajstić information content (AvgIpc) is 3.05. The average molecular weight is 301 g/mol. The van der Waals surface area contributed by atoms with Crippen LogP contribution in [0.15, 0.2) is 33.9 Å². The number of anilines is 2. The fraction of sp³-hybridized carbons (Fsp3) is 0.214. The van der Waals surface area contributed by atoms with Crippen LogP contribution in [0.3, 0.4) is 0 Å². The lowest BCUT2D eigenvalue weighted by Crippen LogP contribution is -2.29. The molecule has 112 valence electrons. The molecule has 3 aromatic rings. The van der Waals surface area contributed by atoms with Gasteiger partial charge in [-0.3, -0.25) is 14.3 Å². The van der Waals surface area contributed by atoms with E-state index >= 15 is 0 Å². The first-order chi connectivity index (χ1) is 10.6. The number of aryl methyl sites for hydroxylation is 1. The molecule has 8 heteroatoms. The molecule has 1 aromatic carbocycles. The summed E-state index contributed by atoms with van der Waals surface area (Å²) < 4.78 is 16.1. The second kappa shape index (κ2) is 4.30. The van der Waals surface area contributed by atoms with E-state index in [1.807, 2.05) is 4.90 Å². The summed E-state index contributed by atoms with van der Waals surface area (Å²) in [5.41, 5.74) is 0.564. The van der Waals surface area contributed by atoms with Gasteiger partial charge in [0.25, 0.3) is 5.56 Å². The SMILES string of the molecule is Cn1c(=O)[nH]c(=O)c2c1nc1n2CCN1c1ccc(F)cc1. The zero-order valence-electron chi connectivity index (χ0n) is 11.7. The summed E-state index contributed by atoms with van der Waals surface area (Å²) in [4.78, 5) is 32.3. The van der Waals surface area contributed by atoms with Crippen molar-refractivity contribution in [1.29, 1.82) is 0 Å². The lowest BCUT2D eigenvalue weighted by Gasteiger charge is -2.15. The zero-order valence-corrected chi connectivity index (χ0v) is 11.7. The molecule has 7 nitrogen and oxygen atoms in total. The molecular weight excluding hydrogens is 289 g/mol. The smallest absolute Gasteiger partial charge is 0.310 e. The number of aromatic nitrogens is 4. The van der Waals surface area contributed by atoms with Crippen LogP contribution >= 0.6 is 0 Å². The summed E-state index contributed by atoms with van der Waals surface area (Å²) >= 11 is 0. The van der Waals surface area contributed by atoms with Crippen LogP contribution in [0.5, 0.6) is 0 Å². The maximum absolute atomic E-state index is 13.1. The first kappa shape index (κ1) is 12.8. The lowest BCUT2D eigenvalue weighted by atomic mass is 10.3. The Labute approximate surface area is 123 Å². The highest BCUT2D eigenvalue weighted by atomic mass is 19.1. The van der Waals surface area contributed by atoms with Crippen molar-refractivity contribution in [2.24, 2.45) is 7.05 Å². The predicted molar refractivity (Wildman–Crippen MR) is 79.0 cm³/mol. The molecule has 0 saturated heterocycles. The van der Waals surface area contributed by atoms with E-state index in [1.54, 1.807) is 23.7 Å². The van der Waals surface area contributed by atoms with Crippen molar-refractivity contribution in [1.82, 2.24) is 19.1 Å². The Balaban J connectivity index is 1.96. The Kier molecular flexibility index (Phi) is 2.50. The number of halogens is 1. The van der Waals surface area contributed by atoms with E-state index in [9.17, 15) is 14.0 Å². The molecule has 0 spiro atoms. The molecule has 0 atom stereocenters. The second-order valence-electron chi connectivity index (χ2n) is 5.18. The Morgan fingerprint density at radius 3 is 2.64 bits per heavy atom. The Bertz CT molecular complexity index is 999. The van der Waals surface area contributed by atoms with Gasteiger partial charge in [0.2, 0.25) is 5.95 Å². The number of hydrogen-bond donors (Lipinski definition) is 1. The number of imidazole rings is 1. The van der Waals surface area contributed by atoms with Gasteiger partial charge in [0.05, 0.1) is 0 Å². The van der Waals surface area contributed by atoms with Gasteiger partial charge >= 0.3 is 5.69 Å². The highest BCUT2D eigenvalue weighted by molar-refractivity contribution is 5.77. The predicted octanol–water partition coefficient (Wildman–Crippen LogP) is 0.714. The van der Waals surface area contributed by atoms with Crippen molar-refractivity contribution in [2.45, 2.75) is 6.54 Å². The summed E-state index contributed by atoms with van der Waals surface area (Å²) in [7, 11) is 1.56. The van der Waals surface area contributed by atoms with Gasteiger partial charge in [-0.15, -0.1) is 0 Å². The van der Waals surface area contributed by atoms with E-state index in [4.69, 9.17) is 0 Å². The van der Waals surface area contributed by atoms with Crippen molar-refractivity contribution < 1.29 is 4.39 Å². The molecule has 0 radical (unpaired) electrons. The maximum Gasteiger partial charge on any atom is 0.329 e. The monoisotopic (exact) mass is 301 g/mol. The third-order valence-corrected chi connectivity index (χ3v) is 3.91. The molecular formula is C14H12FN5O2. The number of rotatable bonds is 1. The van der Waals surface area contributed by atoms with Crippen LogP contribution < -0.4 is 16.1 Å². The molecule has 3 heterocycles. The number of aromatic amines is 1. The van der Waals surface area contributed by atoms with Crippen LogP contribution in [0.2, 0.25) is 0 Å². The van der Waals surface area contributed by atoms with Crippen LogP contribution in [0.25, 0.3) is 11.2 Å². The fourth-order valence-electron chi connectivity index (χ4n) is 2.81. The van der Waals surface area contributed by atoms with Gasteiger partial charge in [0.15, 0.2) is 11.2 Å². The molecule has 1 aliphatic heterocycles. The maximum atomic E-state index is 13.1. The minimum atomic E-state index is -0.498. The van der Waals surface area contributed by atoms with E-state index in [0.29, 0.717) is 30.2 Å². The minimum Gasteiger partial charge on any atom is -0.310 e. The number of benzene rings is 1. The molecule has 0 bridgehead atoms. The standard InChI is InChI=1S/C14H12FN5O2/c1-18-11-10(12(21)17-14(18)22)20-7-6-19(13(20)16-11)9-4-2-8(15)3-5-9/h2-5H,6-7H2,1H3,(H,17,21,22). The van der Waals surface area contributed by atoms with Crippen LogP contribution in [0.1, 0.15) is 0 Å². The third-order valence-electron chi connectivity index (χ3n) is 3.91.